The van der Waals surface area contributed by atoms with Gasteiger partial charge in [0, 0.05) is 25.1 Å². The molecule has 1 saturated heterocycles. The molecule has 1 fully saturated rings. The Kier molecular flexibility index (Phi) is 4.96. The fourth-order valence-corrected chi connectivity index (χ4v) is 3.94. The lowest BCUT2D eigenvalue weighted by molar-refractivity contribution is -0.128. The molecule has 3 aromatic rings. The number of amides is 1. The molecule has 0 bridgehead atoms. The topological polar surface area (TPSA) is 85.2 Å². The van der Waals surface area contributed by atoms with E-state index in [1.165, 1.54) is 0 Å². The van der Waals surface area contributed by atoms with Gasteiger partial charge < -0.3 is 15.2 Å². The van der Waals surface area contributed by atoms with E-state index in [0.29, 0.717) is 31.2 Å². The monoisotopic (exact) mass is 376 g/mol. The van der Waals surface area contributed by atoms with Crippen LogP contribution < -0.4 is 5.73 Å². The molecule has 2 aromatic carbocycles. The van der Waals surface area contributed by atoms with Gasteiger partial charge in [-0.3, -0.25) is 4.79 Å². The maximum Gasteiger partial charge on any atom is 0.233 e. The molecule has 0 saturated carbocycles. The van der Waals surface area contributed by atoms with Gasteiger partial charge in [0.05, 0.1) is 12.0 Å². The van der Waals surface area contributed by atoms with Crippen LogP contribution in [0.25, 0.3) is 11.4 Å². The van der Waals surface area contributed by atoms with Crippen LogP contribution in [0.1, 0.15) is 47.9 Å². The maximum absolute atomic E-state index is 12.6. The van der Waals surface area contributed by atoms with E-state index in [1.807, 2.05) is 42.2 Å². The van der Waals surface area contributed by atoms with Gasteiger partial charge in [-0.1, -0.05) is 59.3 Å². The predicted octanol–water partition coefficient (Wildman–Crippen LogP) is 3.58. The first-order valence-corrected chi connectivity index (χ1v) is 9.59. The second-order valence-electron chi connectivity index (χ2n) is 7.21. The Morgan fingerprint density at radius 3 is 2.68 bits per heavy atom. The molecule has 2 N–H and O–H groups in total. The Bertz CT molecular complexity index is 980. The van der Waals surface area contributed by atoms with Crippen molar-refractivity contribution in [1.29, 1.82) is 0 Å². The summed E-state index contributed by atoms with van der Waals surface area (Å²) in [5.41, 5.74) is 9.85. The van der Waals surface area contributed by atoms with Crippen molar-refractivity contribution in [2.24, 2.45) is 5.73 Å². The molecule has 144 valence electrons. The lowest BCUT2D eigenvalue weighted by atomic mass is 9.92. The molecule has 28 heavy (non-hydrogen) atoms. The summed E-state index contributed by atoms with van der Waals surface area (Å²) < 4.78 is 5.62. The maximum atomic E-state index is 12.6. The summed E-state index contributed by atoms with van der Waals surface area (Å²) in [6.07, 6.45) is 0.375. The molecule has 2 unspecified atom stereocenters. The first-order chi connectivity index (χ1) is 13.6. The highest BCUT2D eigenvalue weighted by molar-refractivity contribution is 5.80. The molecular formula is C22H24N4O2. The molecule has 1 amide bonds. The highest BCUT2D eigenvalue weighted by Crippen LogP contribution is 2.44. The first-order valence-electron chi connectivity index (χ1n) is 9.59. The minimum absolute atomic E-state index is 0.0923. The van der Waals surface area contributed by atoms with Gasteiger partial charge in [0.15, 0.2) is 0 Å². The number of likely N-dealkylation sites (tertiary alicyclic amines) is 1. The van der Waals surface area contributed by atoms with Crippen molar-refractivity contribution in [3.05, 3.63) is 71.1 Å². The number of aryl methyl sites for hydroxylation is 1. The molecule has 6 heteroatoms. The van der Waals surface area contributed by atoms with Crippen LogP contribution in [0.4, 0.5) is 0 Å². The van der Waals surface area contributed by atoms with Crippen LogP contribution in [0.2, 0.25) is 0 Å². The quantitative estimate of drug-likeness (QED) is 0.736. The van der Waals surface area contributed by atoms with Gasteiger partial charge in [-0.05, 0) is 25.0 Å². The van der Waals surface area contributed by atoms with Gasteiger partial charge in [-0.25, -0.2) is 0 Å². The van der Waals surface area contributed by atoms with Crippen LogP contribution in [0.5, 0.6) is 0 Å². The number of nitrogens with two attached hydrogens (primary N) is 1. The van der Waals surface area contributed by atoms with Gasteiger partial charge in [-0.15, -0.1) is 0 Å². The molecule has 0 spiro atoms. The Hall–Kier alpha value is -2.99. The average Bonchev–Trinajstić information content (AvgIpc) is 3.32. The third kappa shape index (κ3) is 3.31. The van der Waals surface area contributed by atoms with E-state index in [4.69, 9.17) is 10.3 Å². The number of likely N-dealkylation sites (N-methyl/N-ethyl adjacent to an activating group) is 1. The van der Waals surface area contributed by atoms with E-state index in [1.54, 1.807) is 0 Å². The minimum atomic E-state index is -0.154. The number of nitrogens with zero attached hydrogens (tertiary/aromatic N) is 3. The Morgan fingerprint density at radius 2 is 2.00 bits per heavy atom. The van der Waals surface area contributed by atoms with Crippen LogP contribution in [-0.2, 0) is 11.3 Å². The van der Waals surface area contributed by atoms with E-state index in [2.05, 4.69) is 35.3 Å². The molecule has 0 aliphatic carbocycles. The zero-order chi connectivity index (χ0) is 19.7. The van der Waals surface area contributed by atoms with Crippen molar-refractivity contribution in [2.75, 3.05) is 6.54 Å². The largest absolute Gasteiger partial charge is 0.339 e. The van der Waals surface area contributed by atoms with E-state index in [-0.39, 0.29) is 17.9 Å². The molecule has 1 aromatic heterocycles. The zero-order valence-electron chi connectivity index (χ0n) is 16.1. The van der Waals surface area contributed by atoms with Crippen molar-refractivity contribution in [1.82, 2.24) is 15.0 Å². The van der Waals surface area contributed by atoms with Gasteiger partial charge in [0.25, 0.3) is 0 Å². The van der Waals surface area contributed by atoms with E-state index in [9.17, 15) is 4.79 Å². The van der Waals surface area contributed by atoms with Crippen LogP contribution in [0.3, 0.4) is 0 Å². The predicted molar refractivity (Wildman–Crippen MR) is 106 cm³/mol. The highest BCUT2D eigenvalue weighted by Gasteiger charge is 2.43. The van der Waals surface area contributed by atoms with Gasteiger partial charge in [-0.2, -0.15) is 4.98 Å². The van der Waals surface area contributed by atoms with Crippen LogP contribution in [-0.4, -0.2) is 27.5 Å². The zero-order valence-corrected chi connectivity index (χ0v) is 16.1. The normalized spacial score (nSPS) is 19.4. The van der Waals surface area contributed by atoms with Crippen LogP contribution in [0.15, 0.2) is 53.1 Å². The van der Waals surface area contributed by atoms with Crippen molar-refractivity contribution in [3.8, 4) is 11.4 Å². The van der Waals surface area contributed by atoms with Crippen molar-refractivity contribution >= 4 is 5.91 Å². The molecule has 6 nitrogen and oxygen atoms in total. The molecule has 4 rings (SSSR count). The molecule has 2 heterocycles. The minimum Gasteiger partial charge on any atom is -0.339 e. The third-order valence-corrected chi connectivity index (χ3v) is 5.36. The number of rotatable bonds is 5. The number of aromatic nitrogens is 2. The van der Waals surface area contributed by atoms with Gasteiger partial charge >= 0.3 is 0 Å². The second kappa shape index (κ2) is 7.56. The van der Waals surface area contributed by atoms with Crippen LogP contribution >= 0.6 is 0 Å². The lowest BCUT2D eigenvalue weighted by Gasteiger charge is -2.26. The number of carbonyl (C=O) groups excluding carboxylic acids is 1. The summed E-state index contributed by atoms with van der Waals surface area (Å²) in [6, 6.07) is 16.0. The molecule has 1 aliphatic heterocycles. The number of benzene rings is 2. The number of hydrogen-bond acceptors (Lipinski definition) is 5. The number of hydrogen-bond donors (Lipinski definition) is 1. The van der Waals surface area contributed by atoms with Crippen molar-refractivity contribution in [3.63, 3.8) is 0 Å². The summed E-state index contributed by atoms with van der Waals surface area (Å²) in [6.45, 7) is 5.20. The van der Waals surface area contributed by atoms with E-state index < -0.39 is 0 Å². The van der Waals surface area contributed by atoms with Gasteiger partial charge in [0.1, 0.15) is 0 Å². The van der Waals surface area contributed by atoms with Crippen LogP contribution in [0, 0.1) is 6.92 Å². The molecular weight excluding hydrogens is 352 g/mol. The average molecular weight is 376 g/mol. The summed E-state index contributed by atoms with van der Waals surface area (Å²) in [4.78, 5) is 19.2. The van der Waals surface area contributed by atoms with E-state index in [0.717, 1.165) is 22.3 Å². The molecule has 1 aliphatic rings. The fourth-order valence-electron chi connectivity index (χ4n) is 3.94. The second-order valence-corrected chi connectivity index (χ2v) is 7.21. The first kappa shape index (κ1) is 18.4. The SMILES string of the molecule is CCN1C(=O)CC(c2nc(-c3ccc(CN)cc3)no2)C1c1cccc(C)c1. The standard InChI is InChI=1S/C22H24N4O2/c1-3-26-19(27)12-18(20(26)17-6-4-5-14(2)11-17)22-24-21(25-28-22)16-9-7-15(13-23)8-10-16/h4-11,18,20H,3,12-13,23H2,1-2H3. The molecule has 2 atom stereocenters. The number of carbonyl (C=O) groups is 1. The highest BCUT2D eigenvalue weighted by atomic mass is 16.5. The summed E-state index contributed by atoms with van der Waals surface area (Å²) >= 11 is 0. The van der Waals surface area contributed by atoms with Gasteiger partial charge in [0.2, 0.25) is 17.6 Å². The molecule has 0 radical (unpaired) electrons. The Labute approximate surface area is 164 Å². The summed E-state index contributed by atoms with van der Waals surface area (Å²) in [5.74, 6) is 1.00. The third-order valence-electron chi connectivity index (χ3n) is 5.36. The van der Waals surface area contributed by atoms with Crippen molar-refractivity contribution in [2.45, 2.75) is 38.8 Å². The van der Waals surface area contributed by atoms with Crippen molar-refractivity contribution < 1.29 is 9.32 Å². The fraction of sp³-hybridized carbons (Fsp3) is 0.318. The summed E-state index contributed by atoms with van der Waals surface area (Å²) in [7, 11) is 0. The Morgan fingerprint density at radius 1 is 1.21 bits per heavy atom. The summed E-state index contributed by atoms with van der Waals surface area (Å²) in [5, 5.41) is 4.16. The Balaban J connectivity index is 1.68. The smallest absolute Gasteiger partial charge is 0.233 e. The van der Waals surface area contributed by atoms with E-state index >= 15 is 0 Å². The lowest BCUT2D eigenvalue weighted by Crippen LogP contribution is -2.28.